The van der Waals surface area contributed by atoms with E-state index in [-0.39, 0.29) is 10.6 Å². The molecule has 1 heterocycles. The molecule has 0 aliphatic rings. The second kappa shape index (κ2) is 5.94. The number of thiophene rings is 1. The van der Waals surface area contributed by atoms with Crippen molar-refractivity contribution in [2.24, 2.45) is 0 Å². The average molecular weight is 342 g/mol. The lowest BCUT2D eigenvalue weighted by Gasteiger charge is -2.12. The molecule has 5 nitrogen and oxygen atoms in total. The number of aliphatic carboxylic acids is 1. The molecule has 8 heteroatoms. The number of sulfonamides is 1. The van der Waals surface area contributed by atoms with Crippen molar-refractivity contribution in [3.8, 4) is 0 Å². The first kappa shape index (κ1) is 14.6. The zero-order valence-corrected chi connectivity index (χ0v) is 12.2. The van der Waals surface area contributed by atoms with Crippen molar-refractivity contribution in [2.75, 3.05) is 0 Å². The molecular formula is C9H12BrNO4S2. The highest BCUT2D eigenvalue weighted by Gasteiger charge is 2.25. The predicted octanol–water partition coefficient (Wildman–Crippen LogP) is 2.04. The molecule has 0 saturated carbocycles. The zero-order chi connectivity index (χ0) is 13.1. The highest BCUT2D eigenvalue weighted by molar-refractivity contribution is 9.11. The summed E-state index contributed by atoms with van der Waals surface area (Å²) in [7, 11) is -3.75. The summed E-state index contributed by atoms with van der Waals surface area (Å²) in [4.78, 5) is 10.9. The summed E-state index contributed by atoms with van der Waals surface area (Å²) in [6.07, 6.45) is 0.856. The minimum absolute atomic E-state index is 0.103. The molecule has 17 heavy (non-hydrogen) atoms. The molecule has 1 rings (SSSR count). The molecule has 0 aliphatic heterocycles. The number of hydrogen-bond donors (Lipinski definition) is 2. The van der Waals surface area contributed by atoms with Gasteiger partial charge in [-0.1, -0.05) is 13.3 Å². The minimum atomic E-state index is -3.75. The van der Waals surface area contributed by atoms with Crippen LogP contribution in [0.15, 0.2) is 20.1 Å². The van der Waals surface area contributed by atoms with Gasteiger partial charge in [-0.3, -0.25) is 4.79 Å². The molecular weight excluding hydrogens is 330 g/mol. The summed E-state index contributed by atoms with van der Waals surface area (Å²) in [5, 5.41) is 8.89. The number of halogens is 1. The highest BCUT2D eigenvalue weighted by Crippen LogP contribution is 2.26. The van der Waals surface area contributed by atoms with Crippen molar-refractivity contribution in [1.29, 1.82) is 0 Å². The van der Waals surface area contributed by atoms with Gasteiger partial charge in [0, 0.05) is 0 Å². The third-order valence-corrected chi connectivity index (χ3v) is 5.57. The number of carboxylic acids is 1. The molecule has 1 atom stereocenters. The van der Waals surface area contributed by atoms with Gasteiger partial charge in [0.2, 0.25) is 0 Å². The summed E-state index contributed by atoms with van der Waals surface area (Å²) in [6.45, 7) is 1.80. The molecule has 0 amide bonds. The van der Waals surface area contributed by atoms with E-state index in [9.17, 15) is 13.2 Å². The first-order valence-corrected chi connectivity index (χ1v) is 7.96. The molecule has 0 fully saturated rings. The molecule has 96 valence electrons. The van der Waals surface area contributed by atoms with Crippen LogP contribution in [-0.2, 0) is 14.8 Å². The first-order chi connectivity index (χ1) is 7.86. The van der Waals surface area contributed by atoms with Gasteiger partial charge in [-0.2, -0.15) is 4.72 Å². The quantitative estimate of drug-likeness (QED) is 0.829. The van der Waals surface area contributed by atoms with E-state index >= 15 is 0 Å². The normalized spacial score (nSPS) is 13.5. The minimum Gasteiger partial charge on any atom is -0.480 e. The van der Waals surface area contributed by atoms with E-state index in [2.05, 4.69) is 20.7 Å². The van der Waals surface area contributed by atoms with Crippen molar-refractivity contribution in [2.45, 2.75) is 30.0 Å². The van der Waals surface area contributed by atoms with E-state index in [1.807, 2.05) is 0 Å². The fourth-order valence-electron chi connectivity index (χ4n) is 1.21. The lowest BCUT2D eigenvalue weighted by Crippen LogP contribution is -2.40. The smallest absolute Gasteiger partial charge is 0.321 e. The lowest BCUT2D eigenvalue weighted by molar-refractivity contribution is -0.139. The van der Waals surface area contributed by atoms with E-state index in [1.54, 1.807) is 13.0 Å². The van der Waals surface area contributed by atoms with Gasteiger partial charge in [0.1, 0.15) is 10.3 Å². The monoisotopic (exact) mass is 341 g/mol. The van der Waals surface area contributed by atoms with Crippen LogP contribution >= 0.6 is 27.3 Å². The Bertz CT molecular complexity index is 497. The van der Waals surface area contributed by atoms with Gasteiger partial charge in [-0.05, 0) is 34.5 Å². The van der Waals surface area contributed by atoms with Crippen LogP contribution in [0.3, 0.4) is 0 Å². The third kappa shape index (κ3) is 4.06. The largest absolute Gasteiger partial charge is 0.480 e. The Kier molecular flexibility index (Phi) is 5.11. The first-order valence-electron chi connectivity index (χ1n) is 4.87. The molecule has 0 spiro atoms. The van der Waals surface area contributed by atoms with Crippen LogP contribution in [0, 0.1) is 0 Å². The van der Waals surface area contributed by atoms with Gasteiger partial charge >= 0.3 is 5.97 Å². The van der Waals surface area contributed by atoms with Crippen LogP contribution in [0.5, 0.6) is 0 Å². The lowest BCUT2D eigenvalue weighted by atomic mass is 10.2. The average Bonchev–Trinajstić information content (AvgIpc) is 2.64. The van der Waals surface area contributed by atoms with Crippen LogP contribution in [-0.4, -0.2) is 25.5 Å². The Hall–Kier alpha value is -0.440. The van der Waals surface area contributed by atoms with E-state index < -0.39 is 22.0 Å². The summed E-state index contributed by atoms with van der Waals surface area (Å²) in [5.74, 6) is -1.16. The third-order valence-electron chi connectivity index (χ3n) is 1.99. The molecule has 1 aromatic heterocycles. The molecule has 0 radical (unpaired) electrons. The topological polar surface area (TPSA) is 83.5 Å². The Balaban J connectivity index is 2.88. The van der Waals surface area contributed by atoms with Crippen molar-refractivity contribution in [1.82, 2.24) is 4.72 Å². The number of rotatable bonds is 6. The van der Waals surface area contributed by atoms with Gasteiger partial charge in [0.05, 0.1) is 3.79 Å². The van der Waals surface area contributed by atoms with Crippen molar-refractivity contribution < 1.29 is 18.3 Å². The van der Waals surface area contributed by atoms with Crippen LogP contribution in [0.1, 0.15) is 19.8 Å². The maximum atomic E-state index is 11.9. The van der Waals surface area contributed by atoms with Gasteiger partial charge in [-0.25, -0.2) is 8.42 Å². The van der Waals surface area contributed by atoms with E-state index in [4.69, 9.17) is 5.11 Å². The molecule has 0 bridgehead atoms. The van der Waals surface area contributed by atoms with Crippen LogP contribution in [0.25, 0.3) is 0 Å². The maximum Gasteiger partial charge on any atom is 0.321 e. The summed E-state index contributed by atoms with van der Waals surface area (Å²) >= 11 is 4.20. The number of hydrogen-bond acceptors (Lipinski definition) is 4. The zero-order valence-electron chi connectivity index (χ0n) is 9.01. The van der Waals surface area contributed by atoms with Crippen LogP contribution in [0.4, 0.5) is 0 Å². The molecule has 1 aromatic rings. The Morgan fingerprint density at radius 1 is 1.59 bits per heavy atom. The molecule has 0 saturated heterocycles. The Labute approximate surface area is 112 Å². The number of nitrogens with one attached hydrogen (secondary N) is 1. The van der Waals surface area contributed by atoms with Crippen LogP contribution in [0.2, 0.25) is 0 Å². The number of carboxylic acid groups (broad SMARTS) is 1. The second-order valence-electron chi connectivity index (χ2n) is 3.36. The Morgan fingerprint density at radius 2 is 2.24 bits per heavy atom. The maximum absolute atomic E-state index is 11.9. The van der Waals surface area contributed by atoms with E-state index in [1.165, 1.54) is 6.07 Å². The molecule has 2 N–H and O–H groups in total. The molecule has 0 aliphatic carbocycles. The number of carbonyl (C=O) groups is 1. The van der Waals surface area contributed by atoms with Gasteiger partial charge in [0.15, 0.2) is 0 Å². The highest BCUT2D eigenvalue weighted by atomic mass is 79.9. The molecule has 0 aromatic carbocycles. The van der Waals surface area contributed by atoms with Crippen molar-refractivity contribution in [3.05, 3.63) is 15.9 Å². The van der Waals surface area contributed by atoms with E-state index in [0.717, 1.165) is 11.3 Å². The van der Waals surface area contributed by atoms with E-state index in [0.29, 0.717) is 10.2 Å². The second-order valence-corrected chi connectivity index (χ2v) is 7.76. The van der Waals surface area contributed by atoms with Gasteiger partial charge in [-0.15, -0.1) is 11.3 Å². The summed E-state index contributed by atoms with van der Waals surface area (Å²) in [6, 6.07) is 1.96. The standard InChI is InChI=1S/C9H12BrNO4S2/c1-2-3-6(9(12)13)11-17(14,15)8-5-4-7(10)16-8/h4-6,11H,2-3H2,1H3,(H,12,13)/t6-/m1/s1. The summed E-state index contributed by atoms with van der Waals surface area (Å²) in [5.41, 5.74) is 0. The molecule has 0 unspecified atom stereocenters. The Morgan fingerprint density at radius 3 is 2.65 bits per heavy atom. The van der Waals surface area contributed by atoms with Crippen molar-refractivity contribution >= 4 is 43.3 Å². The fourth-order valence-corrected chi connectivity index (χ4v) is 4.46. The van der Waals surface area contributed by atoms with Gasteiger partial charge in [0.25, 0.3) is 10.0 Å². The fraction of sp³-hybridized carbons (Fsp3) is 0.444. The van der Waals surface area contributed by atoms with Gasteiger partial charge < -0.3 is 5.11 Å². The predicted molar refractivity (Wildman–Crippen MR) is 68.7 cm³/mol. The SMILES string of the molecule is CCC[C@@H](NS(=O)(=O)c1ccc(Br)s1)C(=O)O. The van der Waals surface area contributed by atoms with Crippen molar-refractivity contribution in [3.63, 3.8) is 0 Å². The summed E-state index contributed by atoms with van der Waals surface area (Å²) < 4.78 is 26.7. The van der Waals surface area contributed by atoms with Crippen LogP contribution < -0.4 is 4.72 Å².